The van der Waals surface area contributed by atoms with Gasteiger partial charge in [-0.2, -0.15) is 5.10 Å². The smallest absolute Gasteiger partial charge is 0.276 e. The van der Waals surface area contributed by atoms with Crippen molar-refractivity contribution in [2.45, 2.75) is 19.4 Å². The van der Waals surface area contributed by atoms with E-state index in [1.807, 2.05) is 24.4 Å². The summed E-state index contributed by atoms with van der Waals surface area (Å²) in [6.07, 6.45) is 3.35. The number of aromatic nitrogens is 7. The Morgan fingerprint density at radius 1 is 1.15 bits per heavy atom. The zero-order valence-corrected chi connectivity index (χ0v) is 17.9. The number of likely N-dealkylation sites (tertiary alicyclic amines) is 1. The number of aromatic amines is 1. The highest BCUT2D eigenvalue weighted by molar-refractivity contribution is 5.60. The number of hydrogen-bond acceptors (Lipinski definition) is 6. The second-order valence-corrected chi connectivity index (χ2v) is 8.54. The minimum absolute atomic E-state index is 0.0295. The third-order valence-corrected chi connectivity index (χ3v) is 6.19. The van der Waals surface area contributed by atoms with Crippen LogP contribution in [0, 0.1) is 11.7 Å². The summed E-state index contributed by atoms with van der Waals surface area (Å²) < 4.78 is 17.0. The van der Waals surface area contributed by atoms with Crippen LogP contribution in [-0.4, -0.2) is 52.2 Å². The van der Waals surface area contributed by atoms with Crippen molar-refractivity contribution in [1.82, 2.24) is 39.1 Å². The molecular weight excluding hydrogens is 423 g/mol. The second kappa shape index (κ2) is 7.59. The predicted molar refractivity (Wildman–Crippen MR) is 119 cm³/mol. The molecule has 0 bridgehead atoms. The molecule has 1 aromatic carbocycles. The van der Waals surface area contributed by atoms with Crippen molar-refractivity contribution >= 4 is 11.2 Å². The Hall–Kier alpha value is -3.92. The molecule has 5 aromatic rings. The molecule has 4 aromatic heterocycles. The number of nitrogens with zero attached hydrogens (tertiary/aromatic N) is 7. The van der Waals surface area contributed by atoms with E-state index in [1.165, 1.54) is 22.8 Å². The summed E-state index contributed by atoms with van der Waals surface area (Å²) in [5, 5.41) is 9.27. The van der Waals surface area contributed by atoms with Crippen molar-refractivity contribution in [3.8, 4) is 11.4 Å². The molecular formula is C23H21FN8O. The van der Waals surface area contributed by atoms with E-state index in [-0.39, 0.29) is 23.2 Å². The molecule has 0 saturated carbocycles. The summed E-state index contributed by atoms with van der Waals surface area (Å²) in [7, 11) is 0. The first-order chi connectivity index (χ1) is 16.0. The summed E-state index contributed by atoms with van der Waals surface area (Å²) in [6, 6.07) is 11.9. The molecule has 1 N–H and O–H groups in total. The number of H-pyrrole nitrogens is 1. The standard InChI is InChI=1S/C23H21FN8O/c1-14-11-30(13-19-26-20-7-2-3-8-31(20)28-19)12-17(14)21-27-23(33)18-10-25-22(32(18)29-21)15-5-4-6-16(24)9-15/h2-10,14,17H,11-13H2,1H3,(H,27,29,33). The van der Waals surface area contributed by atoms with Gasteiger partial charge in [-0.15, -0.1) is 5.10 Å². The maximum absolute atomic E-state index is 13.8. The van der Waals surface area contributed by atoms with Gasteiger partial charge in [-0.05, 0) is 30.2 Å². The van der Waals surface area contributed by atoms with Gasteiger partial charge in [0, 0.05) is 30.8 Å². The monoisotopic (exact) mass is 444 g/mol. The molecule has 0 aliphatic carbocycles. The van der Waals surface area contributed by atoms with Crippen molar-refractivity contribution in [3.05, 3.63) is 82.7 Å². The van der Waals surface area contributed by atoms with E-state index in [2.05, 4.69) is 31.9 Å². The van der Waals surface area contributed by atoms with E-state index in [1.54, 1.807) is 16.6 Å². The zero-order valence-electron chi connectivity index (χ0n) is 17.9. The maximum atomic E-state index is 13.8. The Labute approximate surface area is 187 Å². The third kappa shape index (κ3) is 3.48. The van der Waals surface area contributed by atoms with Gasteiger partial charge in [-0.25, -0.2) is 23.4 Å². The van der Waals surface area contributed by atoms with E-state index >= 15 is 0 Å². The number of nitrogens with one attached hydrogen (secondary N) is 1. The fourth-order valence-electron chi connectivity index (χ4n) is 4.60. The Morgan fingerprint density at radius 2 is 2.06 bits per heavy atom. The van der Waals surface area contributed by atoms with Gasteiger partial charge in [-0.3, -0.25) is 9.69 Å². The van der Waals surface area contributed by atoms with Crippen LogP contribution in [0.1, 0.15) is 24.5 Å². The molecule has 0 spiro atoms. The molecule has 0 amide bonds. The summed E-state index contributed by atoms with van der Waals surface area (Å²) >= 11 is 0. The first-order valence-corrected chi connectivity index (χ1v) is 10.8. The van der Waals surface area contributed by atoms with Crippen LogP contribution in [0.15, 0.2) is 59.7 Å². The number of pyridine rings is 1. The Bertz CT molecular complexity index is 1500. The van der Waals surface area contributed by atoms with Gasteiger partial charge in [0.2, 0.25) is 0 Å². The van der Waals surface area contributed by atoms with E-state index in [0.717, 1.165) is 24.6 Å². The van der Waals surface area contributed by atoms with Crippen LogP contribution in [0.4, 0.5) is 4.39 Å². The van der Waals surface area contributed by atoms with Crippen LogP contribution in [0.25, 0.3) is 22.6 Å². The van der Waals surface area contributed by atoms with Gasteiger partial charge in [0.05, 0.1) is 12.7 Å². The maximum Gasteiger partial charge on any atom is 0.276 e. The fourth-order valence-corrected chi connectivity index (χ4v) is 4.60. The summed E-state index contributed by atoms with van der Waals surface area (Å²) in [6.45, 7) is 4.32. The summed E-state index contributed by atoms with van der Waals surface area (Å²) in [5.41, 5.74) is 1.45. The lowest BCUT2D eigenvalue weighted by molar-refractivity contribution is 0.310. The topological polar surface area (TPSA) is 96.5 Å². The number of imidazole rings is 1. The number of fused-ring (bicyclic) bond motifs is 2. The van der Waals surface area contributed by atoms with Crippen molar-refractivity contribution in [1.29, 1.82) is 0 Å². The fraction of sp³-hybridized carbons (Fsp3) is 0.261. The number of rotatable bonds is 4. The third-order valence-electron chi connectivity index (χ3n) is 6.19. The van der Waals surface area contributed by atoms with Gasteiger partial charge in [0.25, 0.3) is 5.56 Å². The summed E-state index contributed by atoms with van der Waals surface area (Å²) in [5.74, 6) is 1.73. The van der Waals surface area contributed by atoms with E-state index in [0.29, 0.717) is 29.3 Å². The molecule has 2 atom stereocenters. The molecule has 0 radical (unpaired) electrons. The van der Waals surface area contributed by atoms with Crippen LogP contribution in [0.5, 0.6) is 0 Å². The molecule has 166 valence electrons. The highest BCUT2D eigenvalue weighted by Crippen LogP contribution is 2.31. The van der Waals surface area contributed by atoms with Crippen molar-refractivity contribution in [3.63, 3.8) is 0 Å². The van der Waals surface area contributed by atoms with Crippen LogP contribution < -0.4 is 5.56 Å². The zero-order chi connectivity index (χ0) is 22.5. The van der Waals surface area contributed by atoms with Gasteiger partial charge >= 0.3 is 0 Å². The van der Waals surface area contributed by atoms with E-state index < -0.39 is 0 Å². The van der Waals surface area contributed by atoms with Gasteiger partial charge in [-0.1, -0.05) is 25.1 Å². The van der Waals surface area contributed by atoms with Crippen LogP contribution in [0.3, 0.4) is 0 Å². The quantitative estimate of drug-likeness (QED) is 0.458. The van der Waals surface area contributed by atoms with Crippen LogP contribution in [-0.2, 0) is 6.54 Å². The first kappa shape index (κ1) is 19.7. The highest BCUT2D eigenvalue weighted by Gasteiger charge is 2.33. The molecule has 10 heteroatoms. The van der Waals surface area contributed by atoms with Crippen molar-refractivity contribution < 1.29 is 4.39 Å². The molecule has 2 unspecified atom stereocenters. The lowest BCUT2D eigenvalue weighted by atomic mass is 9.97. The van der Waals surface area contributed by atoms with Crippen LogP contribution in [0.2, 0.25) is 0 Å². The molecule has 5 heterocycles. The lowest BCUT2D eigenvalue weighted by Crippen LogP contribution is -2.23. The summed E-state index contributed by atoms with van der Waals surface area (Å²) in [4.78, 5) is 26.9. The van der Waals surface area contributed by atoms with Gasteiger partial charge < -0.3 is 4.98 Å². The number of halogens is 1. The first-order valence-electron chi connectivity index (χ1n) is 10.8. The highest BCUT2D eigenvalue weighted by atomic mass is 19.1. The average Bonchev–Trinajstić information content (AvgIpc) is 3.50. The second-order valence-electron chi connectivity index (χ2n) is 8.54. The molecule has 1 saturated heterocycles. The van der Waals surface area contributed by atoms with Crippen molar-refractivity contribution in [2.75, 3.05) is 13.1 Å². The Kier molecular flexibility index (Phi) is 4.54. The SMILES string of the molecule is CC1CN(Cc2nc3ccccn3n2)CC1c1nn2c(-c3cccc(F)c3)ncc2c(=O)[nH]1. The predicted octanol–water partition coefficient (Wildman–Crippen LogP) is 2.50. The molecule has 1 aliphatic rings. The molecule has 1 fully saturated rings. The average molecular weight is 444 g/mol. The van der Waals surface area contributed by atoms with Crippen molar-refractivity contribution in [2.24, 2.45) is 5.92 Å². The normalized spacial score (nSPS) is 19.1. The largest absolute Gasteiger partial charge is 0.307 e. The minimum atomic E-state index is -0.366. The number of hydrogen-bond donors (Lipinski definition) is 1. The van der Waals surface area contributed by atoms with E-state index in [9.17, 15) is 9.18 Å². The lowest BCUT2D eigenvalue weighted by Gasteiger charge is -2.14. The molecule has 6 rings (SSSR count). The number of benzene rings is 1. The van der Waals surface area contributed by atoms with Gasteiger partial charge in [0.15, 0.2) is 22.8 Å². The molecule has 9 nitrogen and oxygen atoms in total. The molecule has 33 heavy (non-hydrogen) atoms. The van der Waals surface area contributed by atoms with Gasteiger partial charge in [0.1, 0.15) is 11.6 Å². The Balaban J connectivity index is 1.31. The van der Waals surface area contributed by atoms with E-state index in [4.69, 9.17) is 5.10 Å². The minimum Gasteiger partial charge on any atom is -0.307 e. The molecule has 1 aliphatic heterocycles. The van der Waals surface area contributed by atoms with Crippen LogP contribution >= 0.6 is 0 Å². The Morgan fingerprint density at radius 3 is 2.91 bits per heavy atom.